The molecule has 77 heavy (non-hydrogen) atoms. The Balaban J connectivity index is 4.18. The Morgan fingerprint density at radius 2 is 0.727 bits per heavy atom. The summed E-state index contributed by atoms with van der Waals surface area (Å²) in [5, 5.41) is 11.7. The van der Waals surface area contributed by atoms with Gasteiger partial charge < -0.3 is 33.3 Å². The molecule has 0 saturated carbocycles. The zero-order valence-electron chi connectivity index (χ0n) is 49.0. The van der Waals surface area contributed by atoms with Crippen LogP contribution in [0.5, 0.6) is 0 Å². The van der Waals surface area contributed by atoms with Gasteiger partial charge in [-0.2, -0.15) is 0 Å². The molecule has 0 amide bonds. The van der Waals surface area contributed by atoms with E-state index in [1.54, 1.807) is 0 Å². The van der Waals surface area contributed by atoms with Crippen LogP contribution in [0.3, 0.4) is 0 Å². The van der Waals surface area contributed by atoms with E-state index in [4.69, 9.17) is 18.9 Å². The van der Waals surface area contributed by atoms with E-state index in [-0.39, 0.29) is 32.7 Å². The number of hydrogen-bond acceptors (Lipinski definition) is 8. The highest BCUT2D eigenvalue weighted by atomic mass is 16.7. The number of carboxylic acids is 1. The molecule has 9 heteroatoms. The van der Waals surface area contributed by atoms with E-state index in [1.807, 2.05) is 33.3 Å². The van der Waals surface area contributed by atoms with Crippen molar-refractivity contribution in [1.29, 1.82) is 0 Å². The van der Waals surface area contributed by atoms with Gasteiger partial charge in [0.25, 0.3) is 0 Å². The molecule has 0 fully saturated rings. The number of ether oxygens (including phenoxy) is 4. The number of nitrogens with zero attached hydrogens (tertiary/aromatic N) is 1. The number of carboxylic acid groups (broad SMARTS) is 1. The molecule has 0 aliphatic rings. The number of aliphatic carboxylic acids is 1. The minimum atomic E-state index is -1.65. The highest BCUT2D eigenvalue weighted by Gasteiger charge is 2.21. The summed E-state index contributed by atoms with van der Waals surface area (Å²) in [5.74, 6) is -2.41. The fraction of sp³-hybridized carbons (Fsp3) is 0.574. The lowest BCUT2D eigenvalue weighted by molar-refractivity contribution is -0.870. The molecule has 0 rings (SSSR count). The monoisotopic (exact) mass is 1070 g/mol. The number of hydrogen-bond donors (Lipinski definition) is 0. The lowest BCUT2D eigenvalue weighted by Crippen LogP contribution is -2.44. The Bertz CT molecular complexity index is 1810. The number of rotatable bonds is 52. The largest absolute Gasteiger partial charge is 0.545 e. The molecular formula is C68H107NO8. The minimum absolute atomic E-state index is 0.129. The molecule has 0 aromatic carbocycles. The van der Waals surface area contributed by atoms with Gasteiger partial charge >= 0.3 is 11.9 Å². The molecule has 2 unspecified atom stereocenters. The summed E-state index contributed by atoms with van der Waals surface area (Å²) in [6.07, 6.45) is 81.9. The normalized spacial score (nSPS) is 13.9. The Labute approximate surface area is 470 Å². The van der Waals surface area contributed by atoms with Crippen molar-refractivity contribution in [2.75, 3.05) is 47.5 Å². The van der Waals surface area contributed by atoms with Gasteiger partial charge in [0.05, 0.1) is 40.3 Å². The van der Waals surface area contributed by atoms with E-state index < -0.39 is 30.3 Å². The summed E-state index contributed by atoms with van der Waals surface area (Å²) in [6, 6.07) is 0. The zero-order chi connectivity index (χ0) is 56.2. The van der Waals surface area contributed by atoms with Crippen molar-refractivity contribution >= 4 is 17.9 Å². The summed E-state index contributed by atoms with van der Waals surface area (Å²) < 4.78 is 22.5. The number of unbranched alkanes of at least 4 members (excludes halogenated alkanes) is 11. The van der Waals surface area contributed by atoms with E-state index in [2.05, 4.69) is 160 Å². The fourth-order valence-corrected chi connectivity index (χ4v) is 7.31. The first-order chi connectivity index (χ1) is 37.6. The molecule has 0 radical (unpaired) electrons. The second kappa shape index (κ2) is 57.1. The predicted molar refractivity (Wildman–Crippen MR) is 324 cm³/mol. The molecule has 0 saturated heterocycles. The third kappa shape index (κ3) is 58.4. The lowest BCUT2D eigenvalue weighted by atomic mass is 10.0. The topological polar surface area (TPSA) is 111 Å². The first-order valence-electron chi connectivity index (χ1n) is 29.6. The number of likely N-dealkylation sites (N-methyl/N-ethyl adjacent to an activating group) is 1. The number of carbonyl (C=O) groups excluding carboxylic acids is 3. The van der Waals surface area contributed by atoms with E-state index in [9.17, 15) is 19.5 Å². The summed E-state index contributed by atoms with van der Waals surface area (Å²) >= 11 is 0. The van der Waals surface area contributed by atoms with Crippen LogP contribution < -0.4 is 5.11 Å². The maximum Gasteiger partial charge on any atom is 0.306 e. The summed E-state index contributed by atoms with van der Waals surface area (Å²) in [6.45, 7) is 4.39. The fourth-order valence-electron chi connectivity index (χ4n) is 7.31. The molecule has 0 aromatic rings. The number of carbonyl (C=O) groups is 3. The third-order valence-electron chi connectivity index (χ3n) is 11.8. The molecule has 0 N–H and O–H groups in total. The Morgan fingerprint density at radius 1 is 0.390 bits per heavy atom. The van der Waals surface area contributed by atoms with Gasteiger partial charge in [0.1, 0.15) is 13.2 Å². The van der Waals surface area contributed by atoms with Crippen LogP contribution in [0.2, 0.25) is 0 Å². The van der Waals surface area contributed by atoms with Crippen LogP contribution in [0, 0.1) is 0 Å². The molecule has 0 bridgehead atoms. The van der Waals surface area contributed by atoms with E-state index in [0.29, 0.717) is 23.9 Å². The van der Waals surface area contributed by atoms with Crippen LogP contribution in [-0.4, -0.2) is 82.3 Å². The molecule has 0 aliphatic carbocycles. The first kappa shape index (κ1) is 71.9. The van der Waals surface area contributed by atoms with Crippen molar-refractivity contribution < 1.29 is 42.9 Å². The van der Waals surface area contributed by atoms with Crippen molar-refractivity contribution in [1.82, 2.24) is 0 Å². The Hall–Kier alpha value is -5.09. The second-order valence-electron chi connectivity index (χ2n) is 20.2. The average Bonchev–Trinajstić information content (AvgIpc) is 3.40. The van der Waals surface area contributed by atoms with Gasteiger partial charge in [0, 0.05) is 12.8 Å². The van der Waals surface area contributed by atoms with Crippen molar-refractivity contribution in [2.45, 2.75) is 206 Å². The van der Waals surface area contributed by atoms with Crippen LogP contribution in [-0.2, 0) is 33.3 Å². The standard InChI is InChI=1S/C68H107NO8/c1-6-8-10-12-14-16-18-20-21-22-23-24-25-26-27-28-29-30-31-32-33-34-35-36-37-38-39-40-41-42-43-44-45-47-49-51-53-55-57-59-66(71)77-64(63-76-68(67(72)73)74-61-60-69(3,4)5)62-75-65(70)58-56-54-52-50-48-46-19-17-15-13-11-9-7-2/h8-11,14-17,20-21,23-24,26-27,29-30,32-33,35-36,38-39,46,48,52,54,64,68H,6-7,12-13,18-19,22,25,28,31,34,37,40-45,47,49-51,53,55-63H2,1-5H3/b10-8-,11-9-,16-14-,17-15-,21-20-,24-23-,27-26-,30-29-,33-32-,36-35-,39-38-,48-46-,54-52-. The van der Waals surface area contributed by atoms with Crippen LogP contribution >= 0.6 is 0 Å². The Kier molecular flexibility index (Phi) is 53.3. The number of quaternary nitrogens is 1. The van der Waals surface area contributed by atoms with Gasteiger partial charge in [-0.05, 0) is 109 Å². The van der Waals surface area contributed by atoms with Crippen LogP contribution in [0.4, 0.5) is 0 Å². The lowest BCUT2D eigenvalue weighted by Gasteiger charge is -2.26. The van der Waals surface area contributed by atoms with Crippen molar-refractivity contribution in [3.8, 4) is 0 Å². The maximum atomic E-state index is 12.8. The number of allylic oxidation sites excluding steroid dienone is 26. The van der Waals surface area contributed by atoms with Gasteiger partial charge in [-0.3, -0.25) is 9.59 Å². The van der Waals surface area contributed by atoms with E-state index in [0.717, 1.165) is 109 Å². The second-order valence-corrected chi connectivity index (χ2v) is 20.2. The van der Waals surface area contributed by atoms with Gasteiger partial charge in [-0.15, -0.1) is 0 Å². The molecule has 0 heterocycles. The van der Waals surface area contributed by atoms with Crippen molar-refractivity contribution in [3.05, 3.63) is 158 Å². The highest BCUT2D eigenvalue weighted by Crippen LogP contribution is 2.14. The molecule has 0 spiro atoms. The summed E-state index contributed by atoms with van der Waals surface area (Å²) in [7, 11) is 5.88. The zero-order valence-corrected chi connectivity index (χ0v) is 49.0. The predicted octanol–water partition coefficient (Wildman–Crippen LogP) is 16.4. The van der Waals surface area contributed by atoms with Gasteiger partial charge in [0.2, 0.25) is 0 Å². The molecule has 432 valence electrons. The minimum Gasteiger partial charge on any atom is -0.545 e. The molecule has 0 aromatic heterocycles. The van der Waals surface area contributed by atoms with Gasteiger partial charge in [-0.25, -0.2) is 0 Å². The molecular weight excluding hydrogens is 959 g/mol. The van der Waals surface area contributed by atoms with Gasteiger partial charge in [0.15, 0.2) is 12.4 Å². The highest BCUT2D eigenvalue weighted by molar-refractivity contribution is 5.70. The van der Waals surface area contributed by atoms with Crippen LogP contribution in [0.15, 0.2) is 158 Å². The molecule has 2 atom stereocenters. The smallest absolute Gasteiger partial charge is 0.306 e. The number of esters is 2. The third-order valence-corrected chi connectivity index (χ3v) is 11.8. The average molecular weight is 1070 g/mol. The van der Waals surface area contributed by atoms with Crippen LogP contribution in [0.1, 0.15) is 194 Å². The molecule has 9 nitrogen and oxygen atoms in total. The first-order valence-corrected chi connectivity index (χ1v) is 29.6. The van der Waals surface area contributed by atoms with E-state index in [1.165, 1.54) is 44.9 Å². The van der Waals surface area contributed by atoms with Gasteiger partial charge in [-0.1, -0.05) is 230 Å². The van der Waals surface area contributed by atoms with Crippen LogP contribution in [0.25, 0.3) is 0 Å². The maximum absolute atomic E-state index is 12.8. The SMILES string of the molecule is CC/C=C\C/C=C\C/C=C\C/C=C\C/C=C\C/C=C\C/C=C\C/C=C\C/C=C\CCCCCCCCCCCCCC(=O)OC(COC(=O)CC/C=C\C/C=C\C/C=C\C/C=C\CC)COC(OCC[N+](C)(C)C)C(=O)[O-]. The van der Waals surface area contributed by atoms with Crippen molar-refractivity contribution in [2.24, 2.45) is 0 Å². The molecule has 0 aliphatic heterocycles. The summed E-state index contributed by atoms with van der Waals surface area (Å²) in [4.78, 5) is 37.1. The Morgan fingerprint density at radius 3 is 1.09 bits per heavy atom. The van der Waals surface area contributed by atoms with E-state index >= 15 is 0 Å². The van der Waals surface area contributed by atoms with Crippen molar-refractivity contribution in [3.63, 3.8) is 0 Å². The quantitative estimate of drug-likeness (QED) is 0.0195. The summed E-state index contributed by atoms with van der Waals surface area (Å²) in [5.41, 5.74) is 0.